The van der Waals surface area contributed by atoms with Crippen LogP contribution in [-0.2, 0) is 14.4 Å². The Bertz CT molecular complexity index is 317. The number of hydrogen-bond donors (Lipinski definition) is 2. The monoisotopic (exact) mass is 358 g/mol. The van der Waals surface area contributed by atoms with Gasteiger partial charge in [-0.3, -0.25) is 10.1 Å². The third-order valence-electron chi connectivity index (χ3n) is 4.16. The minimum Gasteiger partial charge on any atom is -0.463 e. The summed E-state index contributed by atoms with van der Waals surface area (Å²) < 4.78 is 4.86. The first-order valence-corrected chi connectivity index (χ1v) is 9.95. The molecule has 0 rings (SSSR count). The van der Waals surface area contributed by atoms with Crippen LogP contribution in [0.1, 0.15) is 90.4 Å². The standard InChI is InChI=1S/C20H38O5/c1-2-3-4-11-14-19(21)15-12-9-7-5-6-8-10-13-16-20(22)24-17-18-25-23/h9,12,19,21,23H,2-8,10-11,13-18H2,1H3/b12-9-/t19-/m1/s1. The Labute approximate surface area is 153 Å². The van der Waals surface area contributed by atoms with E-state index in [-0.39, 0.29) is 25.3 Å². The number of hydrogen-bond acceptors (Lipinski definition) is 5. The Kier molecular flexibility index (Phi) is 18.7. The number of carbonyl (C=O) groups excluding carboxylic acids is 1. The molecule has 0 aromatic carbocycles. The van der Waals surface area contributed by atoms with E-state index in [2.05, 4.69) is 24.0 Å². The first-order chi connectivity index (χ1) is 12.2. The Hall–Kier alpha value is -0.910. The summed E-state index contributed by atoms with van der Waals surface area (Å²) in [5.74, 6) is -0.228. The summed E-state index contributed by atoms with van der Waals surface area (Å²) in [4.78, 5) is 15.1. The highest BCUT2D eigenvalue weighted by Gasteiger charge is 2.02. The van der Waals surface area contributed by atoms with Crippen LogP contribution >= 0.6 is 0 Å². The maximum absolute atomic E-state index is 11.3. The van der Waals surface area contributed by atoms with Gasteiger partial charge in [0.05, 0.1) is 6.10 Å². The van der Waals surface area contributed by atoms with Gasteiger partial charge in [-0.1, -0.05) is 64.0 Å². The number of aliphatic hydroxyl groups is 1. The highest BCUT2D eigenvalue weighted by molar-refractivity contribution is 5.69. The molecule has 25 heavy (non-hydrogen) atoms. The summed E-state index contributed by atoms with van der Waals surface area (Å²) in [5.41, 5.74) is 0. The largest absolute Gasteiger partial charge is 0.463 e. The molecule has 0 aliphatic rings. The Balaban J connectivity index is 3.30. The van der Waals surface area contributed by atoms with Gasteiger partial charge in [0.25, 0.3) is 0 Å². The van der Waals surface area contributed by atoms with E-state index in [0.717, 1.165) is 57.8 Å². The van der Waals surface area contributed by atoms with Gasteiger partial charge in [0.1, 0.15) is 13.2 Å². The summed E-state index contributed by atoms with van der Waals surface area (Å²) in [6.45, 7) is 2.33. The molecule has 148 valence electrons. The van der Waals surface area contributed by atoms with Crippen molar-refractivity contribution < 1.29 is 24.8 Å². The summed E-state index contributed by atoms with van der Waals surface area (Å²) in [5, 5.41) is 18.0. The SMILES string of the molecule is CCCCCC[C@@H](O)C/C=C\CCCCCCCC(=O)OCCOO. The lowest BCUT2D eigenvalue weighted by Crippen LogP contribution is -2.09. The highest BCUT2D eigenvalue weighted by Crippen LogP contribution is 2.10. The molecule has 0 aromatic heterocycles. The zero-order chi connectivity index (χ0) is 18.6. The molecule has 0 bridgehead atoms. The van der Waals surface area contributed by atoms with E-state index < -0.39 is 0 Å². The van der Waals surface area contributed by atoms with Gasteiger partial charge in [-0.15, -0.1) is 0 Å². The van der Waals surface area contributed by atoms with E-state index in [0.29, 0.717) is 6.42 Å². The quantitative estimate of drug-likeness (QED) is 0.118. The maximum atomic E-state index is 11.3. The second-order valence-electron chi connectivity index (χ2n) is 6.57. The van der Waals surface area contributed by atoms with Crippen molar-refractivity contribution in [3.05, 3.63) is 12.2 Å². The molecular weight excluding hydrogens is 320 g/mol. The predicted molar refractivity (Wildman–Crippen MR) is 100 cm³/mol. The minimum atomic E-state index is -0.228. The van der Waals surface area contributed by atoms with Crippen molar-refractivity contribution in [2.24, 2.45) is 0 Å². The Morgan fingerprint density at radius 3 is 2.44 bits per heavy atom. The molecule has 5 heteroatoms. The average Bonchev–Trinajstić information content (AvgIpc) is 2.60. The molecule has 1 atom stereocenters. The van der Waals surface area contributed by atoms with E-state index in [4.69, 9.17) is 9.99 Å². The molecule has 0 unspecified atom stereocenters. The lowest BCUT2D eigenvalue weighted by atomic mass is 10.1. The van der Waals surface area contributed by atoms with Crippen molar-refractivity contribution in [2.75, 3.05) is 13.2 Å². The zero-order valence-electron chi connectivity index (χ0n) is 16.0. The van der Waals surface area contributed by atoms with Gasteiger partial charge in [-0.05, 0) is 32.1 Å². The predicted octanol–water partition coefficient (Wildman–Crippen LogP) is 5.03. The fourth-order valence-electron chi connectivity index (χ4n) is 2.62. The van der Waals surface area contributed by atoms with Gasteiger partial charge in [0.2, 0.25) is 0 Å². The Morgan fingerprint density at radius 1 is 0.960 bits per heavy atom. The van der Waals surface area contributed by atoms with E-state index >= 15 is 0 Å². The molecule has 0 aromatic rings. The second-order valence-corrected chi connectivity index (χ2v) is 6.57. The van der Waals surface area contributed by atoms with Crippen LogP contribution in [0.3, 0.4) is 0 Å². The number of allylic oxidation sites excluding steroid dienone is 1. The van der Waals surface area contributed by atoms with E-state index in [1.54, 1.807) is 0 Å². The van der Waals surface area contributed by atoms with E-state index in [9.17, 15) is 9.90 Å². The fourth-order valence-corrected chi connectivity index (χ4v) is 2.62. The lowest BCUT2D eigenvalue weighted by Gasteiger charge is -2.07. The van der Waals surface area contributed by atoms with Crippen LogP contribution in [0.5, 0.6) is 0 Å². The average molecular weight is 359 g/mol. The van der Waals surface area contributed by atoms with E-state index in [1.807, 2.05) is 0 Å². The summed E-state index contributed by atoms with van der Waals surface area (Å²) in [6.07, 6.45) is 17.5. The van der Waals surface area contributed by atoms with Crippen molar-refractivity contribution >= 4 is 5.97 Å². The number of aliphatic hydroxyl groups excluding tert-OH is 1. The molecule has 0 radical (unpaired) electrons. The van der Waals surface area contributed by atoms with Crippen LogP contribution < -0.4 is 0 Å². The third kappa shape index (κ3) is 19.3. The van der Waals surface area contributed by atoms with Crippen LogP contribution in [0.4, 0.5) is 0 Å². The number of esters is 1. The molecule has 0 spiro atoms. The first kappa shape index (κ1) is 24.1. The Morgan fingerprint density at radius 2 is 1.68 bits per heavy atom. The minimum absolute atomic E-state index is 0.0230. The fraction of sp³-hybridized carbons (Fsp3) is 0.850. The second kappa shape index (κ2) is 19.4. The molecule has 0 aliphatic heterocycles. The molecule has 0 heterocycles. The van der Waals surface area contributed by atoms with Crippen LogP contribution in [0.15, 0.2) is 12.2 Å². The molecule has 0 amide bonds. The number of ether oxygens (including phenoxy) is 1. The van der Waals surface area contributed by atoms with Crippen molar-refractivity contribution in [3.63, 3.8) is 0 Å². The molecule has 0 saturated carbocycles. The number of unbranched alkanes of at least 4 members (excludes halogenated alkanes) is 8. The van der Waals surface area contributed by atoms with Crippen molar-refractivity contribution in [1.82, 2.24) is 0 Å². The highest BCUT2D eigenvalue weighted by atomic mass is 17.1. The zero-order valence-corrected chi connectivity index (χ0v) is 16.0. The van der Waals surface area contributed by atoms with Gasteiger partial charge < -0.3 is 9.84 Å². The van der Waals surface area contributed by atoms with Crippen LogP contribution in [-0.4, -0.2) is 35.7 Å². The van der Waals surface area contributed by atoms with Gasteiger partial charge >= 0.3 is 5.97 Å². The molecule has 2 N–H and O–H groups in total. The van der Waals surface area contributed by atoms with Crippen LogP contribution in [0.25, 0.3) is 0 Å². The van der Waals surface area contributed by atoms with Crippen LogP contribution in [0.2, 0.25) is 0 Å². The summed E-state index contributed by atoms with van der Waals surface area (Å²) in [6, 6.07) is 0. The first-order valence-electron chi connectivity index (χ1n) is 9.95. The normalized spacial score (nSPS) is 12.6. The topological polar surface area (TPSA) is 76.0 Å². The summed E-state index contributed by atoms with van der Waals surface area (Å²) >= 11 is 0. The third-order valence-corrected chi connectivity index (χ3v) is 4.16. The van der Waals surface area contributed by atoms with Gasteiger partial charge in [-0.25, -0.2) is 4.89 Å². The molecule has 5 nitrogen and oxygen atoms in total. The lowest BCUT2D eigenvalue weighted by molar-refractivity contribution is -0.248. The van der Waals surface area contributed by atoms with Crippen molar-refractivity contribution in [2.45, 2.75) is 96.5 Å². The van der Waals surface area contributed by atoms with Gasteiger partial charge in [-0.2, -0.15) is 0 Å². The van der Waals surface area contributed by atoms with Crippen molar-refractivity contribution in [1.29, 1.82) is 0 Å². The van der Waals surface area contributed by atoms with Crippen LogP contribution in [0, 0.1) is 0 Å². The van der Waals surface area contributed by atoms with E-state index in [1.165, 1.54) is 19.3 Å². The van der Waals surface area contributed by atoms with Crippen molar-refractivity contribution in [3.8, 4) is 0 Å². The maximum Gasteiger partial charge on any atom is 0.305 e. The number of carbonyl (C=O) groups is 1. The molecule has 0 saturated heterocycles. The molecular formula is C20H38O5. The molecule has 0 fully saturated rings. The van der Waals surface area contributed by atoms with Gasteiger partial charge in [0, 0.05) is 6.42 Å². The molecule has 0 aliphatic carbocycles. The number of rotatable bonds is 18. The smallest absolute Gasteiger partial charge is 0.305 e. The van der Waals surface area contributed by atoms with Gasteiger partial charge in [0.15, 0.2) is 0 Å². The summed E-state index contributed by atoms with van der Waals surface area (Å²) in [7, 11) is 0.